The molecule has 4 nitrogen and oxygen atoms in total. The lowest BCUT2D eigenvalue weighted by molar-refractivity contribution is 0.0244. The third kappa shape index (κ3) is 2.60. The molecule has 0 saturated heterocycles. The Bertz CT molecular complexity index is 358. The molecular formula is C10H15ClN2O2. The maximum Gasteiger partial charge on any atom is 0.108 e. The largest absolute Gasteiger partial charge is 0.398 e. The lowest BCUT2D eigenvalue weighted by Gasteiger charge is -2.18. The van der Waals surface area contributed by atoms with Crippen molar-refractivity contribution in [2.24, 2.45) is 5.73 Å². The molecule has 0 aromatic heterocycles. The number of aliphatic hydroxyl groups excluding tert-OH is 2. The number of nitrogens with two attached hydrogens (primary N) is 2. The van der Waals surface area contributed by atoms with Crippen LogP contribution in [0.15, 0.2) is 12.1 Å². The minimum Gasteiger partial charge on any atom is -0.398 e. The van der Waals surface area contributed by atoms with E-state index in [0.717, 1.165) is 5.56 Å². The van der Waals surface area contributed by atoms with Crippen molar-refractivity contribution >= 4 is 17.3 Å². The highest BCUT2D eigenvalue weighted by Crippen LogP contribution is 2.29. The van der Waals surface area contributed by atoms with E-state index >= 15 is 0 Å². The van der Waals surface area contributed by atoms with Crippen LogP contribution in [0.25, 0.3) is 0 Å². The summed E-state index contributed by atoms with van der Waals surface area (Å²) in [7, 11) is 0. The van der Waals surface area contributed by atoms with E-state index in [1.807, 2.05) is 0 Å². The summed E-state index contributed by atoms with van der Waals surface area (Å²) >= 11 is 5.91. The second kappa shape index (κ2) is 4.81. The number of anilines is 1. The Morgan fingerprint density at radius 2 is 2.00 bits per heavy atom. The molecule has 0 radical (unpaired) electrons. The van der Waals surface area contributed by atoms with Gasteiger partial charge in [0.2, 0.25) is 0 Å². The van der Waals surface area contributed by atoms with Gasteiger partial charge in [0.25, 0.3) is 0 Å². The number of aryl methyl sites for hydroxylation is 1. The molecule has 0 aliphatic carbocycles. The van der Waals surface area contributed by atoms with Crippen LogP contribution in [0.1, 0.15) is 17.2 Å². The van der Waals surface area contributed by atoms with Crippen LogP contribution >= 0.6 is 11.6 Å². The Balaban J connectivity index is 3.09. The molecule has 15 heavy (non-hydrogen) atoms. The first-order chi connectivity index (χ1) is 6.97. The van der Waals surface area contributed by atoms with Crippen molar-refractivity contribution in [3.05, 3.63) is 28.3 Å². The van der Waals surface area contributed by atoms with Gasteiger partial charge in [-0.15, -0.1) is 0 Å². The quantitative estimate of drug-likeness (QED) is 0.572. The normalized spacial score (nSPS) is 15.0. The van der Waals surface area contributed by atoms with Crippen LogP contribution in [0.4, 0.5) is 5.69 Å². The molecule has 0 heterocycles. The Morgan fingerprint density at radius 1 is 1.40 bits per heavy atom. The van der Waals surface area contributed by atoms with E-state index in [2.05, 4.69) is 0 Å². The fraction of sp³-hybridized carbons (Fsp3) is 0.400. The highest BCUT2D eigenvalue weighted by atomic mass is 35.5. The van der Waals surface area contributed by atoms with Gasteiger partial charge in [0, 0.05) is 22.8 Å². The van der Waals surface area contributed by atoms with E-state index in [-0.39, 0.29) is 6.54 Å². The number of rotatable bonds is 3. The molecule has 0 amide bonds. The van der Waals surface area contributed by atoms with Gasteiger partial charge in [-0.2, -0.15) is 0 Å². The molecule has 0 fully saturated rings. The monoisotopic (exact) mass is 230 g/mol. The Morgan fingerprint density at radius 3 is 2.53 bits per heavy atom. The maximum absolute atomic E-state index is 9.73. The second-order valence-corrected chi connectivity index (χ2v) is 3.89. The van der Waals surface area contributed by atoms with E-state index in [1.165, 1.54) is 0 Å². The fourth-order valence-corrected chi connectivity index (χ4v) is 1.57. The van der Waals surface area contributed by atoms with Crippen molar-refractivity contribution in [2.45, 2.75) is 19.1 Å². The van der Waals surface area contributed by atoms with Crippen LogP contribution in [0.5, 0.6) is 0 Å². The van der Waals surface area contributed by atoms with E-state index in [1.54, 1.807) is 19.1 Å². The first kappa shape index (κ1) is 12.3. The third-order valence-corrected chi connectivity index (χ3v) is 2.64. The molecule has 5 heteroatoms. The van der Waals surface area contributed by atoms with E-state index in [0.29, 0.717) is 16.3 Å². The number of nitrogen functional groups attached to an aromatic ring is 1. The predicted molar refractivity (Wildman–Crippen MR) is 60.6 cm³/mol. The zero-order valence-corrected chi connectivity index (χ0v) is 9.20. The molecule has 0 saturated carbocycles. The first-order valence-corrected chi connectivity index (χ1v) is 4.97. The van der Waals surface area contributed by atoms with Crippen molar-refractivity contribution < 1.29 is 10.2 Å². The van der Waals surface area contributed by atoms with Crippen molar-refractivity contribution in [1.29, 1.82) is 0 Å². The zero-order chi connectivity index (χ0) is 11.6. The number of hydrogen-bond acceptors (Lipinski definition) is 4. The van der Waals surface area contributed by atoms with Gasteiger partial charge in [0.05, 0.1) is 6.10 Å². The molecule has 0 spiro atoms. The topological polar surface area (TPSA) is 92.5 Å². The molecule has 0 aliphatic heterocycles. The van der Waals surface area contributed by atoms with Gasteiger partial charge < -0.3 is 21.7 Å². The lowest BCUT2D eigenvalue weighted by Crippen LogP contribution is -2.27. The average molecular weight is 231 g/mol. The molecular weight excluding hydrogens is 216 g/mol. The average Bonchev–Trinajstić information content (AvgIpc) is 2.21. The molecule has 1 aromatic rings. The Labute approximate surface area is 93.5 Å². The SMILES string of the molecule is Cc1cc(C(O)C(O)CN)c(Cl)cc1N. The fourth-order valence-electron chi connectivity index (χ4n) is 1.28. The number of benzene rings is 1. The maximum atomic E-state index is 9.73. The molecule has 1 rings (SSSR count). The van der Waals surface area contributed by atoms with Crippen molar-refractivity contribution in [1.82, 2.24) is 0 Å². The van der Waals surface area contributed by atoms with Gasteiger partial charge in [0.15, 0.2) is 0 Å². The summed E-state index contributed by atoms with van der Waals surface area (Å²) in [5.74, 6) is 0. The van der Waals surface area contributed by atoms with E-state index < -0.39 is 12.2 Å². The summed E-state index contributed by atoms with van der Waals surface area (Å²) in [6, 6.07) is 3.21. The third-order valence-electron chi connectivity index (χ3n) is 2.31. The molecule has 2 unspecified atom stereocenters. The number of aliphatic hydroxyl groups is 2. The van der Waals surface area contributed by atoms with Crippen LogP contribution in [-0.2, 0) is 0 Å². The molecule has 1 aromatic carbocycles. The van der Waals surface area contributed by atoms with Crippen molar-refractivity contribution in [3.8, 4) is 0 Å². The van der Waals surface area contributed by atoms with Gasteiger partial charge in [-0.25, -0.2) is 0 Å². The molecule has 6 N–H and O–H groups in total. The van der Waals surface area contributed by atoms with Crippen molar-refractivity contribution in [2.75, 3.05) is 12.3 Å². The first-order valence-electron chi connectivity index (χ1n) is 4.59. The second-order valence-electron chi connectivity index (χ2n) is 3.48. The molecule has 2 atom stereocenters. The van der Waals surface area contributed by atoms with E-state index in [9.17, 15) is 10.2 Å². The van der Waals surface area contributed by atoms with Crippen LogP contribution < -0.4 is 11.5 Å². The summed E-state index contributed by atoms with van der Waals surface area (Å²) in [6.07, 6.45) is -2.10. The Hall–Kier alpha value is -0.810. The molecule has 0 bridgehead atoms. The lowest BCUT2D eigenvalue weighted by atomic mass is 10.0. The van der Waals surface area contributed by atoms with Gasteiger partial charge in [-0.05, 0) is 24.6 Å². The van der Waals surface area contributed by atoms with Gasteiger partial charge in [-0.3, -0.25) is 0 Å². The summed E-state index contributed by atoms with van der Waals surface area (Å²) < 4.78 is 0. The summed E-state index contributed by atoms with van der Waals surface area (Å²) in [5.41, 5.74) is 12.7. The highest BCUT2D eigenvalue weighted by molar-refractivity contribution is 6.31. The summed E-state index contributed by atoms with van der Waals surface area (Å²) in [4.78, 5) is 0. The van der Waals surface area contributed by atoms with Gasteiger partial charge in [0.1, 0.15) is 6.10 Å². The smallest absolute Gasteiger partial charge is 0.108 e. The van der Waals surface area contributed by atoms with Crippen LogP contribution in [0.3, 0.4) is 0 Å². The molecule has 0 aliphatic rings. The number of halogens is 1. The van der Waals surface area contributed by atoms with Gasteiger partial charge >= 0.3 is 0 Å². The van der Waals surface area contributed by atoms with Crippen LogP contribution in [0, 0.1) is 6.92 Å². The summed E-state index contributed by atoms with van der Waals surface area (Å²) in [5, 5.41) is 19.5. The van der Waals surface area contributed by atoms with Crippen LogP contribution in [0.2, 0.25) is 5.02 Å². The highest BCUT2D eigenvalue weighted by Gasteiger charge is 2.20. The Kier molecular flexibility index (Phi) is 3.93. The van der Waals surface area contributed by atoms with Crippen molar-refractivity contribution in [3.63, 3.8) is 0 Å². The summed E-state index contributed by atoms with van der Waals surface area (Å²) in [6.45, 7) is 1.78. The van der Waals surface area contributed by atoms with Crippen LogP contribution in [-0.4, -0.2) is 22.9 Å². The molecule has 84 valence electrons. The van der Waals surface area contributed by atoms with E-state index in [4.69, 9.17) is 23.1 Å². The predicted octanol–water partition coefficient (Wildman–Crippen LogP) is 0.584. The number of hydrogen-bond donors (Lipinski definition) is 4. The standard InChI is InChI=1S/C10H15ClN2O2/c1-5-2-6(7(11)3-8(5)13)10(15)9(14)4-12/h2-3,9-10,14-15H,4,12-13H2,1H3. The van der Waals surface area contributed by atoms with Gasteiger partial charge in [-0.1, -0.05) is 11.6 Å². The minimum atomic E-state index is -1.08. The minimum absolute atomic E-state index is 0.0269. The zero-order valence-electron chi connectivity index (χ0n) is 8.44.